The van der Waals surface area contributed by atoms with Crippen molar-refractivity contribution in [1.82, 2.24) is 0 Å². The van der Waals surface area contributed by atoms with Crippen molar-refractivity contribution in [2.45, 2.75) is 0 Å². The van der Waals surface area contributed by atoms with Crippen molar-refractivity contribution in [3.8, 4) is 0 Å². The first-order valence-electron chi connectivity index (χ1n) is 4.01. The molecule has 0 unspecified atom stereocenters. The number of hydrogen-bond donors (Lipinski definition) is 2. The molecule has 78 valence electrons. The van der Waals surface area contributed by atoms with Crippen LogP contribution in [0.2, 0.25) is 0 Å². The van der Waals surface area contributed by atoms with Crippen molar-refractivity contribution in [3.63, 3.8) is 0 Å². The maximum Gasteiger partial charge on any atom is 0.328 e. The summed E-state index contributed by atoms with van der Waals surface area (Å²) in [6.07, 6.45) is 1.92. The lowest BCUT2D eigenvalue weighted by Crippen LogP contribution is -2.12. The van der Waals surface area contributed by atoms with Crippen molar-refractivity contribution in [1.29, 1.82) is 0 Å². The molecule has 0 fully saturated rings. The Balaban J connectivity index is 3.18. The number of aliphatic carboxylic acids is 1. The number of carboxylic acid groups (broad SMARTS) is 1. The number of carbonyl (C=O) groups is 2. The summed E-state index contributed by atoms with van der Waals surface area (Å²) in [5.41, 5.74) is 5.25. The smallest absolute Gasteiger partial charge is 0.328 e. The molecule has 0 aliphatic rings. The molecule has 0 spiro atoms. The lowest BCUT2D eigenvalue weighted by atomic mass is 10.1. The molecular weight excluding hydrogens is 201 g/mol. The summed E-state index contributed by atoms with van der Waals surface area (Å²) >= 11 is 0. The number of benzene rings is 1. The first-order chi connectivity index (χ1) is 7.00. The highest BCUT2D eigenvalue weighted by atomic mass is 19.1. The Bertz CT molecular complexity index is 440. The number of carbonyl (C=O) groups excluding carboxylic acids is 1. The van der Waals surface area contributed by atoms with E-state index in [1.807, 2.05) is 0 Å². The van der Waals surface area contributed by atoms with Crippen LogP contribution in [0.1, 0.15) is 15.9 Å². The molecule has 0 aliphatic carbocycles. The first kappa shape index (κ1) is 10.9. The third-order valence-electron chi connectivity index (χ3n) is 1.68. The maximum absolute atomic E-state index is 12.8. The average Bonchev–Trinajstić information content (AvgIpc) is 2.14. The van der Waals surface area contributed by atoms with Crippen molar-refractivity contribution < 1.29 is 19.1 Å². The summed E-state index contributed by atoms with van der Waals surface area (Å²) in [7, 11) is 0. The van der Waals surface area contributed by atoms with Crippen molar-refractivity contribution in [3.05, 3.63) is 41.2 Å². The fourth-order valence-corrected chi connectivity index (χ4v) is 1.06. The Morgan fingerprint density at radius 1 is 1.40 bits per heavy atom. The lowest BCUT2D eigenvalue weighted by Gasteiger charge is -2.01. The normalized spacial score (nSPS) is 10.5. The number of primary amides is 1. The quantitative estimate of drug-likeness (QED) is 0.729. The van der Waals surface area contributed by atoms with E-state index in [0.29, 0.717) is 0 Å². The third kappa shape index (κ3) is 2.91. The number of carboxylic acids is 1. The van der Waals surface area contributed by atoms with Gasteiger partial charge in [0.05, 0.1) is 0 Å². The van der Waals surface area contributed by atoms with Gasteiger partial charge in [-0.05, 0) is 29.8 Å². The zero-order valence-corrected chi connectivity index (χ0v) is 7.61. The van der Waals surface area contributed by atoms with E-state index in [2.05, 4.69) is 0 Å². The van der Waals surface area contributed by atoms with E-state index in [4.69, 9.17) is 10.8 Å². The third-order valence-corrected chi connectivity index (χ3v) is 1.68. The van der Waals surface area contributed by atoms with E-state index in [0.717, 1.165) is 24.3 Å². The minimum Gasteiger partial charge on any atom is -0.478 e. The molecule has 4 nitrogen and oxygen atoms in total. The van der Waals surface area contributed by atoms with Gasteiger partial charge in [0, 0.05) is 11.6 Å². The van der Waals surface area contributed by atoms with Crippen LogP contribution < -0.4 is 5.73 Å². The second-order valence-electron chi connectivity index (χ2n) is 2.77. The van der Waals surface area contributed by atoms with Gasteiger partial charge in [-0.2, -0.15) is 0 Å². The van der Waals surface area contributed by atoms with Gasteiger partial charge in [-0.25, -0.2) is 9.18 Å². The molecule has 1 aromatic rings. The van der Waals surface area contributed by atoms with Crippen LogP contribution in [-0.4, -0.2) is 17.0 Å². The van der Waals surface area contributed by atoms with Crippen LogP contribution in [0.5, 0.6) is 0 Å². The lowest BCUT2D eigenvalue weighted by molar-refractivity contribution is -0.131. The Labute approximate surface area is 84.8 Å². The van der Waals surface area contributed by atoms with E-state index in [-0.39, 0.29) is 11.1 Å². The summed E-state index contributed by atoms with van der Waals surface area (Å²) in [6, 6.07) is 3.33. The minimum atomic E-state index is -1.19. The van der Waals surface area contributed by atoms with Crippen LogP contribution in [-0.2, 0) is 4.79 Å². The molecule has 0 aliphatic heterocycles. The van der Waals surface area contributed by atoms with Crippen LogP contribution in [0.3, 0.4) is 0 Å². The van der Waals surface area contributed by atoms with Gasteiger partial charge in [0.15, 0.2) is 0 Å². The molecule has 0 heterocycles. The number of hydrogen-bond acceptors (Lipinski definition) is 2. The van der Waals surface area contributed by atoms with Gasteiger partial charge >= 0.3 is 5.97 Å². The van der Waals surface area contributed by atoms with Gasteiger partial charge in [-0.15, -0.1) is 0 Å². The molecule has 15 heavy (non-hydrogen) atoms. The summed E-state index contributed by atoms with van der Waals surface area (Å²) in [4.78, 5) is 21.1. The van der Waals surface area contributed by atoms with Crippen LogP contribution in [0.25, 0.3) is 6.08 Å². The predicted molar refractivity (Wildman–Crippen MR) is 51.6 cm³/mol. The second-order valence-corrected chi connectivity index (χ2v) is 2.77. The summed E-state index contributed by atoms with van der Waals surface area (Å²) in [6.45, 7) is 0. The Kier molecular flexibility index (Phi) is 3.17. The van der Waals surface area contributed by atoms with E-state index < -0.39 is 17.7 Å². The number of nitrogens with two attached hydrogens (primary N) is 1. The van der Waals surface area contributed by atoms with Crippen molar-refractivity contribution in [2.75, 3.05) is 0 Å². The van der Waals surface area contributed by atoms with E-state index >= 15 is 0 Å². The van der Waals surface area contributed by atoms with Gasteiger partial charge in [0.1, 0.15) is 5.82 Å². The average molecular weight is 209 g/mol. The Morgan fingerprint density at radius 2 is 2.07 bits per heavy atom. The predicted octanol–water partition coefficient (Wildman–Crippen LogP) is 1.02. The fourth-order valence-electron chi connectivity index (χ4n) is 1.06. The first-order valence-corrected chi connectivity index (χ1v) is 4.01. The van der Waals surface area contributed by atoms with Gasteiger partial charge in [0.2, 0.25) is 5.91 Å². The van der Waals surface area contributed by atoms with Gasteiger partial charge in [-0.3, -0.25) is 4.79 Å². The summed E-state index contributed by atoms with van der Waals surface area (Å²) < 4.78 is 12.8. The van der Waals surface area contributed by atoms with Gasteiger partial charge < -0.3 is 10.8 Å². The zero-order chi connectivity index (χ0) is 11.4. The second kappa shape index (κ2) is 4.36. The van der Waals surface area contributed by atoms with E-state index in [1.54, 1.807) is 0 Å². The molecule has 1 amide bonds. The number of amides is 1. The van der Waals surface area contributed by atoms with Crippen LogP contribution >= 0.6 is 0 Å². The summed E-state index contributed by atoms with van der Waals surface area (Å²) in [5.74, 6) is -2.49. The molecule has 3 N–H and O–H groups in total. The Morgan fingerprint density at radius 3 is 2.60 bits per heavy atom. The minimum absolute atomic E-state index is 0.0777. The van der Waals surface area contributed by atoms with Crippen LogP contribution in [0, 0.1) is 5.82 Å². The maximum atomic E-state index is 12.8. The molecule has 5 heteroatoms. The molecule has 0 radical (unpaired) electrons. The highest BCUT2D eigenvalue weighted by molar-refractivity contribution is 5.97. The molecule has 1 aromatic carbocycles. The standard InChI is InChI=1S/C10H8FNO3/c11-7-2-3-8(10(12)15)6(5-7)1-4-9(13)14/h1-5H,(H2,12,15)(H,13,14). The Hall–Kier alpha value is -2.17. The van der Waals surface area contributed by atoms with Gasteiger partial charge in [0.25, 0.3) is 0 Å². The molecule has 0 saturated carbocycles. The highest BCUT2D eigenvalue weighted by Crippen LogP contribution is 2.12. The van der Waals surface area contributed by atoms with Crippen molar-refractivity contribution >= 4 is 18.0 Å². The molecule has 0 bridgehead atoms. The fraction of sp³-hybridized carbons (Fsp3) is 0. The molecule has 1 rings (SSSR count). The molecule has 0 saturated heterocycles. The van der Waals surface area contributed by atoms with Crippen LogP contribution in [0.15, 0.2) is 24.3 Å². The molecule has 0 atom stereocenters. The number of halogens is 1. The van der Waals surface area contributed by atoms with Gasteiger partial charge in [-0.1, -0.05) is 0 Å². The topological polar surface area (TPSA) is 80.4 Å². The van der Waals surface area contributed by atoms with E-state index in [9.17, 15) is 14.0 Å². The SMILES string of the molecule is NC(=O)c1ccc(F)cc1C=CC(=O)O. The van der Waals surface area contributed by atoms with E-state index in [1.165, 1.54) is 6.07 Å². The number of rotatable bonds is 3. The monoisotopic (exact) mass is 209 g/mol. The van der Waals surface area contributed by atoms with Crippen molar-refractivity contribution in [2.24, 2.45) is 5.73 Å². The summed E-state index contributed by atoms with van der Waals surface area (Å²) in [5, 5.41) is 8.38. The molecule has 0 aromatic heterocycles. The highest BCUT2D eigenvalue weighted by Gasteiger charge is 2.06. The van der Waals surface area contributed by atoms with Crippen LogP contribution in [0.4, 0.5) is 4.39 Å². The largest absolute Gasteiger partial charge is 0.478 e. The molecular formula is C10H8FNO3. The zero-order valence-electron chi connectivity index (χ0n) is 7.61.